The van der Waals surface area contributed by atoms with E-state index in [1.165, 1.54) is 42.0 Å². The highest BCUT2D eigenvalue weighted by atomic mass is 32.2. The first kappa shape index (κ1) is 26.4. The first-order valence-electron chi connectivity index (χ1n) is 11.1. The van der Waals surface area contributed by atoms with Crippen LogP contribution in [0.25, 0.3) is 0 Å². The molecule has 0 fully saturated rings. The average Bonchev–Trinajstić information content (AvgIpc) is 2.87. The summed E-state index contributed by atoms with van der Waals surface area (Å²) in [6.07, 6.45) is 1.70. The Morgan fingerprint density at radius 3 is 2.22 bits per heavy atom. The molecule has 3 rings (SSSR count). The van der Waals surface area contributed by atoms with Crippen LogP contribution in [0.4, 0.5) is 4.79 Å². The van der Waals surface area contributed by atoms with Crippen LogP contribution in [0, 0.1) is 0 Å². The minimum atomic E-state index is -4.20. The number of hydrogen-bond donors (Lipinski definition) is 2. The fourth-order valence-electron chi connectivity index (χ4n) is 3.07. The highest BCUT2D eigenvalue weighted by Crippen LogP contribution is 2.13. The smallest absolute Gasteiger partial charge is 0.434 e. The second kappa shape index (κ2) is 12.5. The summed E-state index contributed by atoms with van der Waals surface area (Å²) in [5.74, 6) is -1.36. The van der Waals surface area contributed by atoms with E-state index >= 15 is 0 Å². The third kappa shape index (κ3) is 7.64. The van der Waals surface area contributed by atoms with Gasteiger partial charge in [0.25, 0.3) is 21.8 Å². The second-order valence-electron chi connectivity index (χ2n) is 7.47. The number of amides is 2. The monoisotopic (exact) mass is 511 g/mol. The van der Waals surface area contributed by atoms with Gasteiger partial charge in [-0.25, -0.2) is 22.9 Å². The van der Waals surface area contributed by atoms with E-state index in [9.17, 15) is 22.8 Å². The minimum Gasteiger partial charge on any atom is -0.434 e. The standard InChI is InChI=1S/C25H25N3O7S/c1-2-34-25(31)35-22-15-12-20(17-27-22)24(30)28-36(32,33)21-13-10-19(11-14-21)23(29)26-16-6-9-18-7-4-3-5-8-18/h3-5,7-8,10-15,17H,2,6,9,16H2,1H3,(H,26,29)(H,28,30). The summed E-state index contributed by atoms with van der Waals surface area (Å²) in [5.41, 5.74) is 1.41. The molecule has 0 unspecified atom stereocenters. The van der Waals surface area contributed by atoms with Gasteiger partial charge in [0.2, 0.25) is 5.88 Å². The molecule has 0 aliphatic heterocycles. The molecule has 0 saturated carbocycles. The van der Waals surface area contributed by atoms with Crippen LogP contribution in [0.3, 0.4) is 0 Å². The van der Waals surface area contributed by atoms with E-state index in [1.807, 2.05) is 35.1 Å². The van der Waals surface area contributed by atoms with Crippen LogP contribution < -0.4 is 14.8 Å². The summed E-state index contributed by atoms with van der Waals surface area (Å²) >= 11 is 0. The van der Waals surface area contributed by atoms with Gasteiger partial charge in [-0.3, -0.25) is 9.59 Å². The summed E-state index contributed by atoms with van der Waals surface area (Å²) in [5, 5.41) is 2.80. The van der Waals surface area contributed by atoms with Crippen molar-refractivity contribution in [3.63, 3.8) is 0 Å². The predicted molar refractivity (Wildman–Crippen MR) is 130 cm³/mol. The molecule has 188 valence electrons. The molecule has 2 aromatic carbocycles. The maximum atomic E-state index is 12.6. The van der Waals surface area contributed by atoms with Crippen molar-refractivity contribution >= 4 is 28.0 Å². The SMILES string of the molecule is CCOC(=O)Oc1ccc(C(=O)NS(=O)(=O)c2ccc(C(=O)NCCCc3ccccc3)cc2)cn1. The van der Waals surface area contributed by atoms with Crippen molar-refractivity contribution in [2.24, 2.45) is 0 Å². The summed E-state index contributed by atoms with van der Waals surface area (Å²) in [4.78, 5) is 39.6. The van der Waals surface area contributed by atoms with Crippen molar-refractivity contribution in [3.8, 4) is 5.88 Å². The van der Waals surface area contributed by atoms with Gasteiger partial charge in [-0.1, -0.05) is 30.3 Å². The molecule has 0 radical (unpaired) electrons. The van der Waals surface area contributed by atoms with Crippen LogP contribution in [-0.4, -0.2) is 44.5 Å². The Labute approximate surface area is 208 Å². The quantitative estimate of drug-likeness (QED) is 0.313. The summed E-state index contributed by atoms with van der Waals surface area (Å²) in [6, 6.07) is 17.6. The number of hydrogen-bond acceptors (Lipinski definition) is 8. The number of benzene rings is 2. The van der Waals surface area contributed by atoms with Gasteiger partial charge in [0.1, 0.15) is 0 Å². The zero-order chi connectivity index (χ0) is 26.0. The third-order valence-electron chi connectivity index (χ3n) is 4.87. The molecule has 36 heavy (non-hydrogen) atoms. The number of carbonyl (C=O) groups is 3. The van der Waals surface area contributed by atoms with Crippen molar-refractivity contribution < 1.29 is 32.3 Å². The van der Waals surface area contributed by atoms with Crippen LogP contribution >= 0.6 is 0 Å². The van der Waals surface area contributed by atoms with Gasteiger partial charge in [0.05, 0.1) is 17.1 Å². The number of sulfonamides is 1. The van der Waals surface area contributed by atoms with Crippen molar-refractivity contribution in [1.29, 1.82) is 0 Å². The van der Waals surface area contributed by atoms with E-state index in [-0.39, 0.29) is 28.9 Å². The lowest BCUT2D eigenvalue weighted by atomic mass is 10.1. The summed E-state index contributed by atoms with van der Waals surface area (Å²) in [6.45, 7) is 2.21. The second-order valence-corrected chi connectivity index (χ2v) is 9.16. The largest absolute Gasteiger partial charge is 0.515 e. The molecule has 10 nitrogen and oxygen atoms in total. The molecule has 0 bridgehead atoms. The van der Waals surface area contributed by atoms with Crippen molar-refractivity contribution in [2.75, 3.05) is 13.2 Å². The Hall–Kier alpha value is -4.25. The molecule has 3 aromatic rings. The predicted octanol–water partition coefficient (Wildman–Crippen LogP) is 3.10. The summed E-state index contributed by atoms with van der Waals surface area (Å²) in [7, 11) is -4.20. The topological polar surface area (TPSA) is 141 Å². The number of aryl methyl sites for hydroxylation is 1. The molecule has 0 aliphatic carbocycles. The van der Waals surface area contributed by atoms with Crippen LogP contribution in [-0.2, 0) is 21.2 Å². The Bertz CT molecular complexity index is 1290. The number of ether oxygens (including phenoxy) is 2. The van der Waals surface area contributed by atoms with Crippen LogP contribution in [0.2, 0.25) is 0 Å². The lowest BCUT2D eigenvalue weighted by Crippen LogP contribution is -2.30. The van der Waals surface area contributed by atoms with Gasteiger partial charge in [-0.05, 0) is 55.7 Å². The van der Waals surface area contributed by atoms with Crippen molar-refractivity contribution in [2.45, 2.75) is 24.7 Å². The maximum Gasteiger partial charge on any atom is 0.515 e. The first-order valence-corrected chi connectivity index (χ1v) is 12.6. The van der Waals surface area contributed by atoms with E-state index in [4.69, 9.17) is 4.74 Å². The van der Waals surface area contributed by atoms with Crippen LogP contribution in [0.15, 0.2) is 77.8 Å². The molecule has 0 spiro atoms. The highest BCUT2D eigenvalue weighted by Gasteiger charge is 2.20. The fraction of sp³-hybridized carbons (Fsp3) is 0.200. The van der Waals surface area contributed by atoms with Gasteiger partial charge < -0.3 is 14.8 Å². The number of pyridine rings is 1. The molecular weight excluding hydrogens is 486 g/mol. The lowest BCUT2D eigenvalue weighted by Gasteiger charge is -2.09. The summed E-state index contributed by atoms with van der Waals surface area (Å²) < 4.78 is 36.5. The molecule has 2 N–H and O–H groups in total. The zero-order valence-corrected chi connectivity index (χ0v) is 20.3. The van der Waals surface area contributed by atoms with Gasteiger partial charge in [0.15, 0.2) is 0 Å². The van der Waals surface area contributed by atoms with E-state index < -0.39 is 22.1 Å². The van der Waals surface area contributed by atoms with Gasteiger partial charge in [-0.15, -0.1) is 0 Å². The molecular formula is C25H25N3O7S. The Morgan fingerprint density at radius 2 is 1.58 bits per heavy atom. The average molecular weight is 512 g/mol. The Balaban J connectivity index is 1.53. The van der Waals surface area contributed by atoms with Crippen molar-refractivity contribution in [3.05, 3.63) is 89.6 Å². The Kier molecular flexibility index (Phi) is 9.12. The number of nitrogens with zero attached hydrogens (tertiary/aromatic N) is 1. The van der Waals surface area contributed by atoms with E-state index in [0.717, 1.165) is 19.0 Å². The zero-order valence-electron chi connectivity index (χ0n) is 19.5. The minimum absolute atomic E-state index is 0.0683. The van der Waals surface area contributed by atoms with Gasteiger partial charge in [0, 0.05) is 24.4 Å². The van der Waals surface area contributed by atoms with E-state index in [0.29, 0.717) is 12.1 Å². The number of rotatable bonds is 10. The molecule has 0 aliphatic rings. The number of carbonyl (C=O) groups excluding carboxylic acids is 3. The molecule has 0 atom stereocenters. The molecule has 11 heteroatoms. The van der Waals surface area contributed by atoms with Gasteiger partial charge >= 0.3 is 6.16 Å². The van der Waals surface area contributed by atoms with Gasteiger partial charge in [-0.2, -0.15) is 0 Å². The molecule has 1 aromatic heterocycles. The number of nitrogens with one attached hydrogen (secondary N) is 2. The third-order valence-corrected chi connectivity index (χ3v) is 6.22. The Morgan fingerprint density at radius 1 is 0.889 bits per heavy atom. The number of aromatic nitrogens is 1. The van der Waals surface area contributed by atoms with Crippen molar-refractivity contribution in [1.82, 2.24) is 15.0 Å². The van der Waals surface area contributed by atoms with E-state index in [2.05, 4.69) is 15.0 Å². The molecule has 2 amide bonds. The van der Waals surface area contributed by atoms with Crippen LogP contribution in [0.1, 0.15) is 39.6 Å². The maximum absolute atomic E-state index is 12.6. The fourth-order valence-corrected chi connectivity index (χ4v) is 4.05. The first-order chi connectivity index (χ1) is 17.3. The molecule has 1 heterocycles. The lowest BCUT2D eigenvalue weighted by molar-refractivity contribution is 0.0949. The van der Waals surface area contributed by atoms with Crippen LogP contribution in [0.5, 0.6) is 5.88 Å². The normalized spacial score (nSPS) is 10.8. The highest BCUT2D eigenvalue weighted by molar-refractivity contribution is 7.90. The van der Waals surface area contributed by atoms with E-state index in [1.54, 1.807) is 6.92 Å². The molecule has 0 saturated heterocycles.